The van der Waals surface area contributed by atoms with E-state index in [0.717, 1.165) is 0 Å². The summed E-state index contributed by atoms with van der Waals surface area (Å²) in [5, 5.41) is 0. The summed E-state index contributed by atoms with van der Waals surface area (Å²) >= 11 is 15.8. The van der Waals surface area contributed by atoms with Crippen molar-refractivity contribution in [3.8, 4) is 5.75 Å². The van der Waals surface area contributed by atoms with Gasteiger partial charge in [-0.3, -0.25) is 8.75 Å². The van der Waals surface area contributed by atoms with E-state index in [1.807, 2.05) is 0 Å². The SMILES string of the molecule is O=P(Cl)(Cl)COS(=O)(=O)c1ccccc1OCCl. The molecule has 0 saturated carbocycles. The van der Waals surface area contributed by atoms with Gasteiger partial charge in [0.05, 0.1) is 0 Å². The standard InChI is InChI=1S/C8H8Cl3O5PS/c9-5-15-7-3-1-2-4-8(7)18(13,14)16-6-17(10,11)12/h1-4H,5-6H2. The Morgan fingerprint density at radius 1 is 1.22 bits per heavy atom. The molecule has 1 rings (SSSR count). The van der Waals surface area contributed by atoms with Gasteiger partial charge in [0.25, 0.3) is 5.85 Å². The van der Waals surface area contributed by atoms with E-state index in [1.54, 1.807) is 6.07 Å². The first kappa shape index (κ1) is 16.1. The number of alkyl halides is 1. The molecular weight excluding hydrogens is 345 g/mol. The summed E-state index contributed by atoms with van der Waals surface area (Å²) in [6.07, 6.45) is -0.812. The Balaban J connectivity index is 3.01. The first-order chi connectivity index (χ1) is 8.26. The predicted molar refractivity (Wildman–Crippen MR) is 70.2 cm³/mol. The van der Waals surface area contributed by atoms with Crippen LogP contribution in [0.3, 0.4) is 0 Å². The van der Waals surface area contributed by atoms with Crippen LogP contribution in [0.15, 0.2) is 29.2 Å². The Morgan fingerprint density at radius 3 is 2.39 bits per heavy atom. The predicted octanol–water partition coefficient (Wildman–Crippen LogP) is 3.60. The largest absolute Gasteiger partial charge is 0.476 e. The van der Waals surface area contributed by atoms with Crippen LogP contribution in [-0.4, -0.2) is 20.8 Å². The van der Waals surface area contributed by atoms with Crippen LogP contribution in [-0.2, 0) is 18.9 Å². The number of halogens is 3. The van der Waals surface area contributed by atoms with Crippen molar-refractivity contribution in [2.24, 2.45) is 0 Å². The highest BCUT2D eigenvalue weighted by atomic mass is 35.9. The van der Waals surface area contributed by atoms with Gasteiger partial charge in [-0.25, -0.2) is 0 Å². The Bertz CT molecular complexity index is 556. The summed E-state index contributed by atoms with van der Waals surface area (Å²) in [5.41, 5.74) is 0. The number of hydrogen-bond donors (Lipinski definition) is 0. The second-order valence-electron chi connectivity index (χ2n) is 2.97. The van der Waals surface area contributed by atoms with Gasteiger partial charge in [-0.15, -0.1) is 0 Å². The van der Waals surface area contributed by atoms with Crippen LogP contribution in [0.5, 0.6) is 5.75 Å². The fraction of sp³-hybridized carbons (Fsp3) is 0.250. The molecule has 18 heavy (non-hydrogen) atoms. The molecule has 1 aromatic carbocycles. The van der Waals surface area contributed by atoms with Gasteiger partial charge in [0.1, 0.15) is 17.0 Å². The second kappa shape index (κ2) is 6.46. The molecule has 0 radical (unpaired) electrons. The zero-order valence-electron chi connectivity index (χ0n) is 8.75. The number of hydrogen-bond acceptors (Lipinski definition) is 5. The van der Waals surface area contributed by atoms with E-state index >= 15 is 0 Å². The monoisotopic (exact) mass is 352 g/mol. The lowest BCUT2D eigenvalue weighted by Crippen LogP contribution is -2.08. The van der Waals surface area contributed by atoms with E-state index < -0.39 is 22.3 Å². The van der Waals surface area contributed by atoms with Crippen molar-refractivity contribution in [1.29, 1.82) is 0 Å². The van der Waals surface area contributed by atoms with Crippen LogP contribution in [0.1, 0.15) is 0 Å². The van der Waals surface area contributed by atoms with Crippen molar-refractivity contribution in [3.63, 3.8) is 0 Å². The van der Waals surface area contributed by atoms with E-state index in [1.165, 1.54) is 18.2 Å². The Labute approximate surface area is 119 Å². The molecule has 0 saturated heterocycles. The number of benzene rings is 1. The quantitative estimate of drug-likeness (QED) is 0.444. The zero-order chi connectivity index (χ0) is 13.8. The Hall–Kier alpha value is 0.0300. The van der Waals surface area contributed by atoms with Crippen molar-refractivity contribution in [2.45, 2.75) is 4.90 Å². The number of ether oxygens (including phenoxy) is 1. The van der Waals surface area contributed by atoms with Gasteiger partial charge in [0.2, 0.25) is 0 Å². The highest BCUT2D eigenvalue weighted by molar-refractivity contribution is 8.08. The average Bonchev–Trinajstić information content (AvgIpc) is 2.27. The van der Waals surface area contributed by atoms with E-state index in [2.05, 4.69) is 4.18 Å². The van der Waals surface area contributed by atoms with Crippen LogP contribution in [0, 0.1) is 0 Å². The third-order valence-electron chi connectivity index (χ3n) is 1.69. The van der Waals surface area contributed by atoms with Gasteiger partial charge in [0, 0.05) is 0 Å². The number of rotatable bonds is 6. The summed E-state index contributed by atoms with van der Waals surface area (Å²) < 4.78 is 44.0. The van der Waals surface area contributed by atoms with Crippen LogP contribution in [0.2, 0.25) is 0 Å². The molecule has 0 fully saturated rings. The fourth-order valence-electron chi connectivity index (χ4n) is 1.03. The summed E-state index contributed by atoms with van der Waals surface area (Å²) in [6, 6.07) is 5.47. The minimum atomic E-state index is -4.17. The summed E-state index contributed by atoms with van der Waals surface area (Å²) in [4.78, 5) is -0.243. The molecule has 5 nitrogen and oxygen atoms in total. The molecule has 102 valence electrons. The van der Waals surface area contributed by atoms with Gasteiger partial charge in [-0.1, -0.05) is 23.7 Å². The Kier molecular flexibility index (Phi) is 5.77. The normalized spacial score (nSPS) is 12.4. The summed E-state index contributed by atoms with van der Waals surface area (Å²) in [6.45, 7) is 0. The lowest BCUT2D eigenvalue weighted by molar-refractivity contribution is 0.354. The minimum Gasteiger partial charge on any atom is -0.476 e. The van der Waals surface area contributed by atoms with E-state index in [9.17, 15) is 13.0 Å². The lowest BCUT2D eigenvalue weighted by atomic mass is 10.3. The first-order valence-electron chi connectivity index (χ1n) is 4.42. The molecule has 0 aliphatic heterocycles. The van der Waals surface area contributed by atoms with E-state index in [0.29, 0.717) is 0 Å². The van der Waals surface area contributed by atoms with E-state index in [-0.39, 0.29) is 16.7 Å². The molecule has 10 heteroatoms. The molecule has 0 aliphatic carbocycles. The van der Waals surface area contributed by atoms with Crippen molar-refractivity contribution in [3.05, 3.63) is 24.3 Å². The highest BCUT2D eigenvalue weighted by Crippen LogP contribution is 2.56. The fourth-order valence-corrected chi connectivity index (χ4v) is 3.66. The molecule has 0 aromatic heterocycles. The zero-order valence-corrected chi connectivity index (χ0v) is 12.7. The molecule has 0 amide bonds. The maximum Gasteiger partial charge on any atom is 0.301 e. The van der Waals surface area contributed by atoms with Gasteiger partial charge < -0.3 is 4.74 Å². The van der Waals surface area contributed by atoms with Gasteiger partial charge in [0.15, 0.2) is 6.07 Å². The van der Waals surface area contributed by atoms with Crippen molar-refractivity contribution >= 4 is 50.0 Å². The summed E-state index contributed by atoms with van der Waals surface area (Å²) in [5.74, 6) is -3.62. The molecule has 0 aliphatic rings. The van der Waals surface area contributed by atoms with E-state index in [4.69, 9.17) is 38.8 Å². The summed E-state index contributed by atoms with van der Waals surface area (Å²) in [7, 11) is -4.17. The Morgan fingerprint density at radius 2 is 1.83 bits per heavy atom. The van der Waals surface area contributed by atoms with Crippen LogP contribution in [0.4, 0.5) is 0 Å². The van der Waals surface area contributed by atoms with Gasteiger partial charge in [-0.2, -0.15) is 8.42 Å². The average molecular weight is 354 g/mol. The molecule has 0 N–H and O–H groups in total. The third kappa shape index (κ3) is 4.96. The van der Waals surface area contributed by atoms with Gasteiger partial charge >= 0.3 is 10.1 Å². The minimum absolute atomic E-state index is 0.0199. The molecule has 0 heterocycles. The molecule has 0 spiro atoms. The highest BCUT2D eigenvalue weighted by Gasteiger charge is 2.25. The molecular formula is C8H8Cl3O5PS. The van der Waals surface area contributed by atoms with Crippen molar-refractivity contribution < 1.29 is 21.9 Å². The number of para-hydroxylation sites is 1. The lowest BCUT2D eigenvalue weighted by Gasteiger charge is -2.10. The molecule has 1 aromatic rings. The van der Waals surface area contributed by atoms with Crippen LogP contribution < -0.4 is 4.74 Å². The molecule has 0 unspecified atom stereocenters. The smallest absolute Gasteiger partial charge is 0.301 e. The molecule has 0 bridgehead atoms. The first-order valence-corrected chi connectivity index (χ1v) is 10.1. The third-order valence-corrected chi connectivity index (χ3v) is 4.29. The topological polar surface area (TPSA) is 69.7 Å². The second-order valence-corrected chi connectivity index (χ2v) is 9.97. The van der Waals surface area contributed by atoms with Crippen molar-refractivity contribution in [1.82, 2.24) is 0 Å². The maximum absolute atomic E-state index is 11.8. The van der Waals surface area contributed by atoms with Crippen LogP contribution >= 0.6 is 39.9 Å². The molecule has 0 atom stereocenters. The van der Waals surface area contributed by atoms with Crippen molar-refractivity contribution in [2.75, 3.05) is 12.4 Å². The maximum atomic E-state index is 11.8. The van der Waals surface area contributed by atoms with Gasteiger partial charge in [-0.05, 0) is 34.6 Å². The van der Waals surface area contributed by atoms with Crippen LogP contribution in [0.25, 0.3) is 0 Å².